The first-order chi connectivity index (χ1) is 12.1. The first-order valence-corrected chi connectivity index (χ1v) is 8.77. The first kappa shape index (κ1) is 18.8. The maximum atomic E-state index is 14.7. The van der Waals surface area contributed by atoms with Crippen molar-refractivity contribution < 1.29 is 13.5 Å². The predicted molar refractivity (Wildman–Crippen MR) is 92.2 cm³/mol. The lowest BCUT2D eigenvalue weighted by atomic mass is 10.1. The van der Waals surface area contributed by atoms with Gasteiger partial charge in [-0.25, -0.2) is 8.78 Å². The summed E-state index contributed by atoms with van der Waals surface area (Å²) in [7, 11) is 0. The molecule has 0 aromatic heterocycles. The number of benzene rings is 2. The Bertz CT molecular complexity index is 826. The van der Waals surface area contributed by atoms with Gasteiger partial charge in [0.2, 0.25) is 0 Å². The van der Waals surface area contributed by atoms with Crippen molar-refractivity contribution in [3.05, 3.63) is 58.7 Å². The molecular formula is C19H16F2N2OS. The van der Waals surface area contributed by atoms with E-state index in [2.05, 4.69) is 0 Å². The minimum atomic E-state index is -0.980. The Morgan fingerprint density at radius 2 is 1.68 bits per heavy atom. The molecule has 128 valence electrons. The molecule has 0 fully saturated rings. The highest BCUT2D eigenvalue weighted by atomic mass is 32.2. The number of nitriles is 2. The maximum Gasteiger partial charge on any atom is 0.185 e. The van der Waals surface area contributed by atoms with E-state index < -0.39 is 22.8 Å². The summed E-state index contributed by atoms with van der Waals surface area (Å²) in [6.07, 6.45) is 1.50. The van der Waals surface area contributed by atoms with Crippen molar-refractivity contribution in [2.45, 2.75) is 30.4 Å². The average molecular weight is 358 g/mol. The van der Waals surface area contributed by atoms with Crippen molar-refractivity contribution in [2.24, 2.45) is 0 Å². The fraction of sp³-hybridized carbons (Fsp3) is 0.263. The van der Waals surface area contributed by atoms with E-state index in [0.29, 0.717) is 12.2 Å². The standard InChI is InChI=1S/C19H16F2N2OS/c1-2-3-9-24-18-16(20)14(10-22)15(11-23)17(21)19(18)25-12-13-7-5-4-6-8-13/h4-8H,2-3,9,12H2,1H3. The van der Waals surface area contributed by atoms with E-state index in [-0.39, 0.29) is 17.3 Å². The highest BCUT2D eigenvalue weighted by molar-refractivity contribution is 7.98. The van der Waals surface area contributed by atoms with Crippen LogP contribution in [0.5, 0.6) is 5.75 Å². The quantitative estimate of drug-likeness (QED) is 0.505. The van der Waals surface area contributed by atoms with Gasteiger partial charge in [-0.05, 0) is 12.0 Å². The lowest BCUT2D eigenvalue weighted by molar-refractivity contribution is 0.283. The lowest BCUT2D eigenvalue weighted by Gasteiger charge is -2.15. The van der Waals surface area contributed by atoms with Crippen molar-refractivity contribution in [2.75, 3.05) is 6.61 Å². The molecule has 0 bridgehead atoms. The number of hydrogen-bond acceptors (Lipinski definition) is 4. The minimum absolute atomic E-state index is 0.0759. The van der Waals surface area contributed by atoms with Crippen molar-refractivity contribution in [1.82, 2.24) is 0 Å². The summed E-state index contributed by atoms with van der Waals surface area (Å²) in [6, 6.07) is 12.4. The SMILES string of the molecule is CCCCOc1c(F)c(C#N)c(C#N)c(F)c1SCc1ccccc1. The van der Waals surface area contributed by atoms with Crippen molar-refractivity contribution in [3.8, 4) is 17.9 Å². The molecule has 0 unspecified atom stereocenters. The number of unbranched alkanes of at least 4 members (excludes halogenated alkanes) is 1. The van der Waals surface area contributed by atoms with Gasteiger partial charge in [-0.1, -0.05) is 43.7 Å². The molecule has 3 nitrogen and oxygen atoms in total. The van der Waals surface area contributed by atoms with Crippen LogP contribution in [0.3, 0.4) is 0 Å². The van der Waals surface area contributed by atoms with Crippen LogP contribution in [-0.2, 0) is 5.75 Å². The van der Waals surface area contributed by atoms with Crippen molar-refractivity contribution >= 4 is 11.8 Å². The Morgan fingerprint density at radius 3 is 2.28 bits per heavy atom. The van der Waals surface area contributed by atoms with Gasteiger partial charge in [-0.3, -0.25) is 0 Å². The topological polar surface area (TPSA) is 56.8 Å². The molecule has 0 aliphatic carbocycles. The molecule has 0 aliphatic rings. The molecule has 0 N–H and O–H groups in total. The summed E-state index contributed by atoms with van der Waals surface area (Å²) < 4.78 is 34.8. The highest BCUT2D eigenvalue weighted by Gasteiger charge is 2.26. The van der Waals surface area contributed by atoms with Crippen LogP contribution in [0.1, 0.15) is 36.5 Å². The number of rotatable bonds is 7. The number of ether oxygens (including phenoxy) is 1. The molecule has 0 saturated carbocycles. The molecule has 0 amide bonds. The highest BCUT2D eigenvalue weighted by Crippen LogP contribution is 2.40. The van der Waals surface area contributed by atoms with Gasteiger partial charge in [-0.15, -0.1) is 11.8 Å². The smallest absolute Gasteiger partial charge is 0.185 e. The fourth-order valence-corrected chi connectivity index (χ4v) is 3.17. The molecule has 0 aliphatic heterocycles. The van der Waals surface area contributed by atoms with E-state index in [1.165, 1.54) is 0 Å². The third-order valence-electron chi connectivity index (χ3n) is 3.49. The zero-order chi connectivity index (χ0) is 18.2. The molecule has 0 radical (unpaired) electrons. The molecule has 2 aromatic rings. The molecule has 0 heterocycles. The van der Waals surface area contributed by atoms with Gasteiger partial charge in [0, 0.05) is 5.75 Å². The monoisotopic (exact) mass is 358 g/mol. The molecule has 2 aromatic carbocycles. The summed E-state index contributed by atoms with van der Waals surface area (Å²) in [5.41, 5.74) is -0.274. The van der Waals surface area contributed by atoms with E-state index in [9.17, 15) is 8.78 Å². The Labute approximate surface area is 149 Å². The van der Waals surface area contributed by atoms with Crippen LogP contribution in [-0.4, -0.2) is 6.61 Å². The molecule has 25 heavy (non-hydrogen) atoms. The molecule has 6 heteroatoms. The van der Waals surface area contributed by atoms with Crippen LogP contribution < -0.4 is 4.74 Å². The van der Waals surface area contributed by atoms with Gasteiger partial charge in [0.1, 0.15) is 23.3 Å². The molecule has 0 saturated heterocycles. The van der Waals surface area contributed by atoms with Gasteiger partial charge in [-0.2, -0.15) is 10.5 Å². The van der Waals surface area contributed by atoms with Crippen LogP contribution in [0.2, 0.25) is 0 Å². The van der Waals surface area contributed by atoms with E-state index in [0.717, 1.165) is 23.7 Å². The Morgan fingerprint density at radius 1 is 1.04 bits per heavy atom. The Balaban J connectivity index is 2.45. The maximum absolute atomic E-state index is 14.7. The zero-order valence-electron chi connectivity index (χ0n) is 13.7. The largest absolute Gasteiger partial charge is 0.489 e. The second-order valence-electron chi connectivity index (χ2n) is 5.24. The minimum Gasteiger partial charge on any atom is -0.489 e. The zero-order valence-corrected chi connectivity index (χ0v) is 14.5. The summed E-state index contributed by atoms with van der Waals surface area (Å²) in [4.78, 5) is -0.0759. The summed E-state index contributed by atoms with van der Waals surface area (Å²) in [6.45, 7) is 2.16. The van der Waals surface area contributed by atoms with E-state index >= 15 is 0 Å². The van der Waals surface area contributed by atoms with Gasteiger partial charge in [0.15, 0.2) is 17.4 Å². The number of hydrogen-bond donors (Lipinski definition) is 0. The lowest BCUT2D eigenvalue weighted by Crippen LogP contribution is -2.06. The molecule has 0 spiro atoms. The third kappa shape index (κ3) is 4.29. The number of thioether (sulfide) groups is 1. The van der Waals surface area contributed by atoms with Gasteiger partial charge in [0.25, 0.3) is 0 Å². The number of halogens is 2. The second kappa shape index (κ2) is 9.05. The van der Waals surface area contributed by atoms with Crippen LogP contribution >= 0.6 is 11.8 Å². The third-order valence-corrected chi connectivity index (χ3v) is 4.62. The summed E-state index contributed by atoms with van der Waals surface area (Å²) >= 11 is 1.05. The number of nitrogens with zero attached hydrogens (tertiary/aromatic N) is 2. The van der Waals surface area contributed by atoms with Crippen LogP contribution in [0.15, 0.2) is 35.2 Å². The second-order valence-corrected chi connectivity index (χ2v) is 6.22. The molecular weight excluding hydrogens is 342 g/mol. The fourth-order valence-electron chi connectivity index (χ4n) is 2.16. The van der Waals surface area contributed by atoms with E-state index in [1.807, 2.05) is 37.3 Å². The van der Waals surface area contributed by atoms with Gasteiger partial charge in [0.05, 0.1) is 11.5 Å². The summed E-state index contributed by atoms with van der Waals surface area (Å²) in [5.74, 6) is -1.79. The van der Waals surface area contributed by atoms with Crippen LogP contribution in [0.4, 0.5) is 8.78 Å². The van der Waals surface area contributed by atoms with E-state index in [4.69, 9.17) is 15.3 Å². The molecule has 0 atom stereocenters. The molecule has 2 rings (SSSR count). The van der Waals surface area contributed by atoms with Crippen LogP contribution in [0, 0.1) is 34.3 Å². The van der Waals surface area contributed by atoms with E-state index in [1.54, 1.807) is 12.1 Å². The van der Waals surface area contributed by atoms with Gasteiger partial charge >= 0.3 is 0 Å². The average Bonchev–Trinajstić information content (AvgIpc) is 2.64. The Hall–Kier alpha value is -2.57. The Kier molecular flexibility index (Phi) is 6.80. The predicted octanol–water partition coefficient (Wildman–Crippen LogP) is 5.18. The van der Waals surface area contributed by atoms with Crippen molar-refractivity contribution in [3.63, 3.8) is 0 Å². The van der Waals surface area contributed by atoms with Crippen molar-refractivity contribution in [1.29, 1.82) is 10.5 Å². The van der Waals surface area contributed by atoms with Gasteiger partial charge < -0.3 is 4.74 Å². The first-order valence-electron chi connectivity index (χ1n) is 7.78. The summed E-state index contributed by atoms with van der Waals surface area (Å²) in [5, 5.41) is 18.2. The normalized spacial score (nSPS) is 10.1. The van der Waals surface area contributed by atoms with Crippen LogP contribution in [0.25, 0.3) is 0 Å².